The zero-order chi connectivity index (χ0) is 26.2. The van der Waals surface area contributed by atoms with Crippen molar-refractivity contribution in [3.63, 3.8) is 0 Å². The molecule has 0 aliphatic carbocycles. The van der Waals surface area contributed by atoms with Crippen molar-refractivity contribution in [3.05, 3.63) is 0 Å². The van der Waals surface area contributed by atoms with Crippen molar-refractivity contribution in [1.82, 2.24) is 30.2 Å². The van der Waals surface area contributed by atoms with E-state index in [4.69, 9.17) is 0 Å². The number of halogens is 12. The molecule has 1 aliphatic heterocycles. The van der Waals surface area contributed by atoms with E-state index in [0.29, 0.717) is 0 Å². The maximum atomic E-state index is 13.1. The molecule has 0 unspecified atom stereocenters. The molecule has 2 N–H and O–H groups in total. The molecule has 34 heavy (non-hydrogen) atoms. The minimum atomic E-state index is -4.98. The molecular formula is C16H26F12N6. The molecule has 0 aromatic carbocycles. The van der Waals surface area contributed by atoms with Crippen LogP contribution in [0.5, 0.6) is 0 Å². The lowest BCUT2D eigenvalue weighted by Gasteiger charge is -2.31. The van der Waals surface area contributed by atoms with Crippen molar-refractivity contribution >= 4 is 0 Å². The van der Waals surface area contributed by atoms with Gasteiger partial charge in [-0.25, -0.2) is 19.6 Å². The van der Waals surface area contributed by atoms with E-state index in [1.54, 1.807) is 0 Å². The third-order valence-corrected chi connectivity index (χ3v) is 4.95. The van der Waals surface area contributed by atoms with E-state index in [1.165, 1.54) is 0 Å². The van der Waals surface area contributed by atoms with E-state index in [2.05, 4.69) is 10.6 Å². The van der Waals surface area contributed by atoms with Crippen molar-refractivity contribution in [3.8, 4) is 0 Å². The van der Waals surface area contributed by atoms with Crippen molar-refractivity contribution in [1.29, 1.82) is 0 Å². The quantitative estimate of drug-likeness (QED) is 0.371. The maximum absolute atomic E-state index is 13.1. The number of hydrogen-bond acceptors (Lipinski definition) is 6. The predicted octanol–water partition coefficient (Wildman–Crippen LogP) is 2.47. The van der Waals surface area contributed by atoms with Crippen molar-refractivity contribution < 1.29 is 52.7 Å². The minimum absolute atomic E-state index is 0.196. The largest absolute Gasteiger partial charge is 0.460 e. The Morgan fingerprint density at radius 3 is 0.647 bits per heavy atom. The Kier molecular flexibility index (Phi) is 11.6. The van der Waals surface area contributed by atoms with Gasteiger partial charge in [0.15, 0.2) is 0 Å². The summed E-state index contributed by atoms with van der Waals surface area (Å²) >= 11 is 0. The highest BCUT2D eigenvalue weighted by Gasteiger charge is 2.42. The zero-order valence-electron chi connectivity index (χ0n) is 17.8. The Bertz CT molecular complexity index is 479. The molecular weight excluding hydrogens is 504 g/mol. The van der Waals surface area contributed by atoms with Gasteiger partial charge in [-0.05, 0) is 0 Å². The Labute approximate surface area is 187 Å². The first kappa shape index (κ1) is 31.0. The summed E-state index contributed by atoms with van der Waals surface area (Å²) in [6, 6.07) is 0. The fourth-order valence-corrected chi connectivity index (χ4v) is 3.05. The van der Waals surface area contributed by atoms with Crippen LogP contribution in [0.3, 0.4) is 0 Å². The molecule has 1 aliphatic rings. The first-order valence-corrected chi connectivity index (χ1v) is 10.1. The monoisotopic (exact) mass is 530 g/mol. The molecule has 1 heterocycles. The first-order valence-electron chi connectivity index (χ1n) is 10.1. The van der Waals surface area contributed by atoms with E-state index >= 15 is 0 Å². The van der Waals surface area contributed by atoms with Gasteiger partial charge in [0.05, 0.1) is 0 Å². The number of nitrogens with one attached hydrogen (secondary N) is 2. The summed E-state index contributed by atoms with van der Waals surface area (Å²) in [5.41, 5.74) is 0. The Morgan fingerprint density at radius 1 is 0.324 bits per heavy atom. The molecule has 0 saturated carbocycles. The number of rotatable bonds is 0. The Morgan fingerprint density at radius 2 is 0.500 bits per heavy atom. The minimum Gasteiger partial charge on any atom is -0.314 e. The second kappa shape index (κ2) is 12.8. The molecule has 1 rings (SSSR count). The van der Waals surface area contributed by atoms with Crippen LogP contribution in [0.1, 0.15) is 0 Å². The van der Waals surface area contributed by atoms with Gasteiger partial charge in [0.2, 0.25) is 0 Å². The van der Waals surface area contributed by atoms with Gasteiger partial charge >= 0.3 is 25.2 Å². The summed E-state index contributed by atoms with van der Waals surface area (Å²) in [6.07, 6.45) is -19.9. The zero-order valence-corrected chi connectivity index (χ0v) is 17.8. The first-order chi connectivity index (χ1) is 15.4. The highest BCUT2D eigenvalue weighted by molar-refractivity contribution is 4.72. The molecule has 1 fully saturated rings. The number of alkyl halides is 12. The van der Waals surface area contributed by atoms with E-state index in [1.807, 2.05) is 0 Å². The van der Waals surface area contributed by atoms with Crippen LogP contribution in [0.15, 0.2) is 0 Å². The summed E-state index contributed by atoms with van der Waals surface area (Å²) in [6.45, 7) is -9.63. The SMILES string of the molecule is FC(F)(F)N1CCNCCN(C(F)(F)F)CCN(C(F)(F)F)CCNCCN(C(F)(F)F)CC1. The number of hydrogen-bond donors (Lipinski definition) is 2. The standard InChI is InChI=1S/C16H26F12N6/c17-13(18,19)31-5-1-29-2-6-32(14(20,21)22)11-12-34(16(26,27)28)8-4-30-3-7-33(10-9-31)15(23,24)25/h29-30H,1-12H2. The lowest BCUT2D eigenvalue weighted by molar-refractivity contribution is -0.267. The van der Waals surface area contributed by atoms with Crippen LogP contribution in [-0.2, 0) is 0 Å². The summed E-state index contributed by atoms with van der Waals surface area (Å²) in [4.78, 5) is -0.786. The summed E-state index contributed by atoms with van der Waals surface area (Å²) in [7, 11) is 0. The van der Waals surface area contributed by atoms with Crippen LogP contribution in [0, 0.1) is 0 Å². The molecule has 18 heteroatoms. The molecule has 0 aromatic heterocycles. The third-order valence-electron chi connectivity index (χ3n) is 4.95. The molecule has 0 atom stereocenters. The van der Waals surface area contributed by atoms with Gasteiger partial charge in [-0.15, -0.1) is 0 Å². The van der Waals surface area contributed by atoms with Crippen LogP contribution in [0.2, 0.25) is 0 Å². The molecule has 6 nitrogen and oxygen atoms in total. The molecule has 1 saturated heterocycles. The lowest BCUT2D eigenvalue weighted by Crippen LogP contribution is -2.52. The van der Waals surface area contributed by atoms with E-state index in [0.717, 1.165) is 0 Å². The van der Waals surface area contributed by atoms with Crippen LogP contribution in [-0.4, -0.2) is 123 Å². The van der Waals surface area contributed by atoms with Crippen LogP contribution < -0.4 is 10.6 Å². The van der Waals surface area contributed by atoms with Gasteiger partial charge in [0.1, 0.15) is 0 Å². The number of nitrogens with zero attached hydrogens (tertiary/aromatic N) is 4. The van der Waals surface area contributed by atoms with Gasteiger partial charge in [-0.2, -0.15) is 52.7 Å². The van der Waals surface area contributed by atoms with Gasteiger partial charge < -0.3 is 10.6 Å². The Hall–Kier alpha value is -1.08. The van der Waals surface area contributed by atoms with Crippen LogP contribution >= 0.6 is 0 Å². The molecule has 0 radical (unpaired) electrons. The van der Waals surface area contributed by atoms with Crippen LogP contribution in [0.25, 0.3) is 0 Å². The lowest BCUT2D eigenvalue weighted by atomic mass is 10.4. The fraction of sp³-hybridized carbons (Fsp3) is 1.00. The van der Waals surface area contributed by atoms with E-state index in [-0.39, 0.29) is 19.6 Å². The second-order valence-corrected chi connectivity index (χ2v) is 7.32. The summed E-state index contributed by atoms with van der Waals surface area (Å²) in [5, 5.41) is 4.62. The third kappa shape index (κ3) is 11.6. The molecule has 0 spiro atoms. The van der Waals surface area contributed by atoms with Gasteiger partial charge in [0, 0.05) is 78.5 Å². The maximum Gasteiger partial charge on any atom is 0.460 e. The second-order valence-electron chi connectivity index (χ2n) is 7.32. The van der Waals surface area contributed by atoms with Gasteiger partial charge in [-0.3, -0.25) is 0 Å². The fourth-order valence-electron chi connectivity index (χ4n) is 3.05. The smallest absolute Gasteiger partial charge is 0.314 e. The average Bonchev–Trinajstić information content (AvgIpc) is 2.63. The van der Waals surface area contributed by atoms with Gasteiger partial charge in [0.25, 0.3) is 0 Å². The van der Waals surface area contributed by atoms with Gasteiger partial charge in [-0.1, -0.05) is 0 Å². The van der Waals surface area contributed by atoms with E-state index < -0.39 is 104 Å². The average molecular weight is 530 g/mol. The topological polar surface area (TPSA) is 37.0 Å². The summed E-state index contributed by atoms with van der Waals surface area (Å²) in [5.74, 6) is 0. The van der Waals surface area contributed by atoms with Crippen molar-refractivity contribution in [2.24, 2.45) is 0 Å². The molecule has 0 bridgehead atoms. The molecule has 0 aromatic rings. The van der Waals surface area contributed by atoms with E-state index in [9.17, 15) is 52.7 Å². The van der Waals surface area contributed by atoms with Crippen LogP contribution in [0.4, 0.5) is 52.7 Å². The molecule has 204 valence electrons. The molecule has 0 amide bonds. The Balaban J connectivity index is 2.96. The normalized spacial score (nSPS) is 22.9. The van der Waals surface area contributed by atoms with Crippen molar-refractivity contribution in [2.45, 2.75) is 25.2 Å². The predicted molar refractivity (Wildman–Crippen MR) is 96.3 cm³/mol. The highest BCUT2D eigenvalue weighted by atomic mass is 19.4. The summed E-state index contributed by atoms with van der Waals surface area (Å²) < 4.78 is 158. The van der Waals surface area contributed by atoms with Crippen molar-refractivity contribution in [2.75, 3.05) is 78.5 Å². The highest BCUT2D eigenvalue weighted by Crippen LogP contribution is 2.25.